The van der Waals surface area contributed by atoms with Crippen LogP contribution in [-0.2, 0) is 0 Å². The number of aromatic nitrogens is 1. The number of nitrogens with zero attached hydrogens (tertiary/aromatic N) is 1. The molecule has 3 heteroatoms. The maximum Gasteiger partial charge on any atom is 0.0898 e. The molecule has 2 nitrogen and oxygen atoms in total. The highest BCUT2D eigenvalue weighted by molar-refractivity contribution is 7.09. The Hall–Kier alpha value is -0.410. The predicted octanol–water partition coefficient (Wildman–Crippen LogP) is 3.15. The number of rotatable bonds is 5. The number of nitrogens with one attached hydrogen (secondary N) is 1. The van der Waals surface area contributed by atoms with Gasteiger partial charge in [-0.25, -0.2) is 4.98 Å². The molecule has 1 unspecified atom stereocenters. The summed E-state index contributed by atoms with van der Waals surface area (Å²) in [4.78, 5) is 4.54. The maximum atomic E-state index is 4.54. The van der Waals surface area contributed by atoms with Crippen LogP contribution in [0.2, 0.25) is 0 Å². The van der Waals surface area contributed by atoms with Gasteiger partial charge in [0.2, 0.25) is 0 Å². The van der Waals surface area contributed by atoms with E-state index in [0.29, 0.717) is 12.0 Å². The monoisotopic (exact) mass is 212 g/mol. The topological polar surface area (TPSA) is 24.9 Å². The molecule has 1 aromatic rings. The number of aryl methyl sites for hydroxylation is 1. The van der Waals surface area contributed by atoms with Gasteiger partial charge in [-0.2, -0.15) is 0 Å². The fraction of sp³-hybridized carbons (Fsp3) is 0.727. The second kappa shape index (κ2) is 5.47. The third-order valence-electron chi connectivity index (χ3n) is 2.24. The van der Waals surface area contributed by atoms with Crippen LogP contribution in [0.1, 0.15) is 43.9 Å². The van der Waals surface area contributed by atoms with E-state index in [-0.39, 0.29) is 0 Å². The molecular weight excluding hydrogens is 192 g/mol. The molecule has 0 aliphatic carbocycles. The van der Waals surface area contributed by atoms with Crippen LogP contribution in [0.4, 0.5) is 0 Å². The van der Waals surface area contributed by atoms with Gasteiger partial charge in [0, 0.05) is 5.38 Å². The molecule has 0 radical (unpaired) electrons. The van der Waals surface area contributed by atoms with Gasteiger partial charge in [-0.15, -0.1) is 11.3 Å². The SMILES string of the molecule is CCCNC(c1csc(C)n1)C(C)C. The lowest BCUT2D eigenvalue weighted by Crippen LogP contribution is -2.26. The summed E-state index contributed by atoms with van der Waals surface area (Å²) in [5, 5.41) is 6.87. The normalized spacial score (nSPS) is 13.5. The molecule has 1 rings (SSSR count). The third-order valence-corrected chi connectivity index (χ3v) is 3.03. The lowest BCUT2D eigenvalue weighted by Gasteiger charge is -2.20. The van der Waals surface area contributed by atoms with Crippen molar-refractivity contribution in [3.63, 3.8) is 0 Å². The Kier molecular flexibility index (Phi) is 4.55. The fourth-order valence-electron chi connectivity index (χ4n) is 1.50. The summed E-state index contributed by atoms with van der Waals surface area (Å²) < 4.78 is 0. The largest absolute Gasteiger partial charge is 0.308 e. The van der Waals surface area contributed by atoms with Crippen molar-refractivity contribution >= 4 is 11.3 Å². The van der Waals surface area contributed by atoms with Gasteiger partial charge in [-0.3, -0.25) is 0 Å². The summed E-state index contributed by atoms with van der Waals surface area (Å²) in [6.07, 6.45) is 1.17. The first-order chi connectivity index (χ1) is 6.65. The van der Waals surface area contributed by atoms with E-state index in [2.05, 4.69) is 43.4 Å². The lowest BCUT2D eigenvalue weighted by atomic mass is 10.0. The molecule has 0 saturated carbocycles. The Labute approximate surface area is 90.8 Å². The summed E-state index contributed by atoms with van der Waals surface area (Å²) in [6.45, 7) is 9.80. The molecule has 1 heterocycles. The Bertz CT molecular complexity index is 268. The second-order valence-corrected chi connectivity index (χ2v) is 5.03. The Morgan fingerprint density at radius 1 is 1.50 bits per heavy atom. The first-order valence-electron chi connectivity index (χ1n) is 5.30. The molecule has 0 fully saturated rings. The molecule has 14 heavy (non-hydrogen) atoms. The van der Waals surface area contributed by atoms with Crippen molar-refractivity contribution in [2.45, 2.75) is 40.2 Å². The number of hydrogen-bond donors (Lipinski definition) is 1. The molecule has 80 valence electrons. The van der Waals surface area contributed by atoms with E-state index in [9.17, 15) is 0 Å². The van der Waals surface area contributed by atoms with Crippen molar-refractivity contribution in [1.82, 2.24) is 10.3 Å². The van der Waals surface area contributed by atoms with Gasteiger partial charge in [0.1, 0.15) is 0 Å². The van der Waals surface area contributed by atoms with Crippen LogP contribution in [0, 0.1) is 12.8 Å². The molecule has 0 spiro atoms. The average Bonchev–Trinajstić information content (AvgIpc) is 2.52. The van der Waals surface area contributed by atoms with E-state index in [1.54, 1.807) is 11.3 Å². The van der Waals surface area contributed by atoms with E-state index in [1.807, 2.05) is 0 Å². The highest BCUT2D eigenvalue weighted by Gasteiger charge is 2.16. The highest BCUT2D eigenvalue weighted by atomic mass is 32.1. The van der Waals surface area contributed by atoms with Crippen molar-refractivity contribution in [1.29, 1.82) is 0 Å². The summed E-state index contributed by atoms with van der Waals surface area (Å²) in [5.74, 6) is 0.600. The second-order valence-electron chi connectivity index (χ2n) is 3.97. The lowest BCUT2D eigenvalue weighted by molar-refractivity contribution is 0.405. The van der Waals surface area contributed by atoms with Crippen LogP contribution < -0.4 is 5.32 Å². The Morgan fingerprint density at radius 3 is 2.64 bits per heavy atom. The van der Waals surface area contributed by atoms with Gasteiger partial charge in [0.25, 0.3) is 0 Å². The zero-order chi connectivity index (χ0) is 10.6. The van der Waals surface area contributed by atoms with E-state index in [1.165, 1.54) is 12.1 Å². The fourth-order valence-corrected chi connectivity index (χ4v) is 2.15. The first-order valence-corrected chi connectivity index (χ1v) is 6.18. The summed E-state index contributed by atoms with van der Waals surface area (Å²) in [6, 6.07) is 0.417. The minimum absolute atomic E-state index is 0.417. The van der Waals surface area contributed by atoms with E-state index < -0.39 is 0 Å². The molecule has 0 aromatic carbocycles. The molecule has 1 atom stereocenters. The smallest absolute Gasteiger partial charge is 0.0898 e. The molecule has 1 N–H and O–H groups in total. The van der Waals surface area contributed by atoms with E-state index >= 15 is 0 Å². The average molecular weight is 212 g/mol. The summed E-state index contributed by atoms with van der Waals surface area (Å²) in [5.41, 5.74) is 1.20. The van der Waals surface area contributed by atoms with Gasteiger partial charge in [-0.1, -0.05) is 20.8 Å². The van der Waals surface area contributed by atoms with Crippen molar-refractivity contribution in [2.75, 3.05) is 6.54 Å². The Balaban J connectivity index is 2.67. The third kappa shape index (κ3) is 3.07. The van der Waals surface area contributed by atoms with Gasteiger partial charge in [0.05, 0.1) is 16.7 Å². The highest BCUT2D eigenvalue weighted by Crippen LogP contribution is 2.22. The van der Waals surface area contributed by atoms with Crippen LogP contribution >= 0.6 is 11.3 Å². The molecule has 0 aliphatic heterocycles. The van der Waals surface area contributed by atoms with Crippen LogP contribution in [0.25, 0.3) is 0 Å². The molecule has 0 saturated heterocycles. The van der Waals surface area contributed by atoms with Crippen molar-refractivity contribution in [2.24, 2.45) is 5.92 Å². The van der Waals surface area contributed by atoms with E-state index in [0.717, 1.165) is 11.6 Å². The van der Waals surface area contributed by atoms with Crippen molar-refractivity contribution in [3.8, 4) is 0 Å². The number of thiazole rings is 1. The summed E-state index contributed by atoms with van der Waals surface area (Å²) >= 11 is 1.73. The van der Waals surface area contributed by atoms with Crippen LogP contribution in [-0.4, -0.2) is 11.5 Å². The first kappa shape index (κ1) is 11.7. The van der Waals surface area contributed by atoms with Crippen molar-refractivity contribution < 1.29 is 0 Å². The predicted molar refractivity (Wildman–Crippen MR) is 62.7 cm³/mol. The quantitative estimate of drug-likeness (QED) is 0.811. The van der Waals surface area contributed by atoms with Gasteiger partial charge in [0.15, 0.2) is 0 Å². The molecular formula is C11H20N2S. The molecule has 0 bridgehead atoms. The standard InChI is InChI=1S/C11H20N2S/c1-5-6-12-11(8(2)3)10-7-14-9(4)13-10/h7-8,11-12H,5-6H2,1-4H3. The van der Waals surface area contributed by atoms with Crippen LogP contribution in [0.3, 0.4) is 0 Å². The van der Waals surface area contributed by atoms with Crippen LogP contribution in [0.5, 0.6) is 0 Å². The number of hydrogen-bond acceptors (Lipinski definition) is 3. The minimum atomic E-state index is 0.417. The van der Waals surface area contributed by atoms with Crippen LogP contribution in [0.15, 0.2) is 5.38 Å². The van der Waals surface area contributed by atoms with Crippen molar-refractivity contribution in [3.05, 3.63) is 16.1 Å². The Morgan fingerprint density at radius 2 is 2.21 bits per heavy atom. The zero-order valence-corrected chi connectivity index (χ0v) is 10.3. The van der Waals surface area contributed by atoms with E-state index in [4.69, 9.17) is 0 Å². The molecule has 0 amide bonds. The zero-order valence-electron chi connectivity index (χ0n) is 9.50. The van der Waals surface area contributed by atoms with Gasteiger partial charge in [-0.05, 0) is 25.8 Å². The molecule has 1 aromatic heterocycles. The molecule has 0 aliphatic rings. The summed E-state index contributed by atoms with van der Waals surface area (Å²) in [7, 11) is 0. The minimum Gasteiger partial charge on any atom is -0.308 e. The van der Waals surface area contributed by atoms with Gasteiger partial charge >= 0.3 is 0 Å². The van der Waals surface area contributed by atoms with Gasteiger partial charge < -0.3 is 5.32 Å². The maximum absolute atomic E-state index is 4.54.